The van der Waals surface area contributed by atoms with Crippen molar-refractivity contribution >= 4 is 28.5 Å². The minimum absolute atomic E-state index is 0.158. The van der Waals surface area contributed by atoms with Crippen molar-refractivity contribution in [1.82, 2.24) is 16.0 Å². The van der Waals surface area contributed by atoms with Crippen LogP contribution in [0.3, 0.4) is 0 Å². The summed E-state index contributed by atoms with van der Waals surface area (Å²) >= 11 is 0. The van der Waals surface area contributed by atoms with E-state index in [2.05, 4.69) is 27.8 Å². The predicted octanol–water partition coefficient (Wildman–Crippen LogP) is 2.56. The largest absolute Gasteiger partial charge is 0.344 e. The summed E-state index contributed by atoms with van der Waals surface area (Å²) in [4.78, 5) is 36.6. The second-order valence-corrected chi connectivity index (χ2v) is 7.75. The molecular weight excluding hydrogens is 414 g/mol. The summed E-state index contributed by atoms with van der Waals surface area (Å²) in [5.41, 5.74) is 1.77. The highest BCUT2D eigenvalue weighted by atomic mass is 16.2. The summed E-state index contributed by atoms with van der Waals surface area (Å²) in [7, 11) is 0. The smallest absolute Gasteiger partial charge is 0.243 e. The fourth-order valence-electron chi connectivity index (χ4n) is 3.38. The van der Waals surface area contributed by atoms with Crippen LogP contribution in [0.5, 0.6) is 0 Å². The van der Waals surface area contributed by atoms with Crippen molar-refractivity contribution < 1.29 is 14.4 Å². The van der Waals surface area contributed by atoms with Gasteiger partial charge in [0, 0.05) is 18.9 Å². The van der Waals surface area contributed by atoms with Crippen molar-refractivity contribution in [2.45, 2.75) is 32.4 Å². The normalized spacial score (nSPS) is 12.1. The van der Waals surface area contributed by atoms with Gasteiger partial charge >= 0.3 is 0 Å². The van der Waals surface area contributed by atoms with Crippen LogP contribution in [-0.4, -0.2) is 36.3 Å². The Bertz CT molecular complexity index is 1200. The summed E-state index contributed by atoms with van der Waals surface area (Å²) in [5, 5.41) is 10.3. The van der Waals surface area contributed by atoms with Gasteiger partial charge in [-0.2, -0.15) is 0 Å². The molecule has 0 heterocycles. The zero-order valence-corrected chi connectivity index (χ0v) is 18.7. The van der Waals surface area contributed by atoms with Gasteiger partial charge in [0.15, 0.2) is 0 Å². The van der Waals surface area contributed by atoms with E-state index in [0.29, 0.717) is 6.42 Å². The van der Waals surface area contributed by atoms with Crippen molar-refractivity contribution in [3.8, 4) is 11.8 Å². The molecule has 3 N–H and O–H groups in total. The average Bonchev–Trinajstić information content (AvgIpc) is 2.81. The van der Waals surface area contributed by atoms with Gasteiger partial charge in [-0.1, -0.05) is 72.5 Å². The first-order valence-corrected chi connectivity index (χ1v) is 10.8. The highest BCUT2D eigenvalue weighted by molar-refractivity contribution is 5.91. The molecule has 0 aliphatic heterocycles. The molecule has 0 saturated heterocycles. The lowest BCUT2D eigenvalue weighted by atomic mass is 10.0. The SMILES string of the molecule is CC(=O)N[C@@H](Cc1ccccc1)C(=O)N[C@@H](C)C(=O)NCC#Cc1ccc2ccccc2c1. The molecule has 6 nitrogen and oxygen atoms in total. The molecule has 0 saturated carbocycles. The third-order valence-corrected chi connectivity index (χ3v) is 5.06. The topological polar surface area (TPSA) is 87.3 Å². The zero-order chi connectivity index (χ0) is 23.6. The molecular formula is C27H27N3O3. The van der Waals surface area contributed by atoms with Crippen LogP contribution in [0.1, 0.15) is 25.0 Å². The number of carbonyl (C=O) groups is 3. The Morgan fingerprint density at radius 2 is 1.55 bits per heavy atom. The maximum absolute atomic E-state index is 12.7. The molecule has 3 rings (SSSR count). The lowest BCUT2D eigenvalue weighted by molar-refractivity contribution is -0.131. The predicted molar refractivity (Wildman–Crippen MR) is 129 cm³/mol. The molecule has 0 aliphatic rings. The number of benzene rings is 3. The third kappa shape index (κ3) is 7.22. The summed E-state index contributed by atoms with van der Waals surface area (Å²) in [6, 6.07) is 21.8. The van der Waals surface area contributed by atoms with Crippen molar-refractivity contribution in [2.75, 3.05) is 6.54 Å². The van der Waals surface area contributed by atoms with Gasteiger partial charge in [0.2, 0.25) is 17.7 Å². The molecule has 3 aromatic rings. The second kappa shape index (κ2) is 11.5. The molecule has 3 aromatic carbocycles. The Kier molecular flexibility index (Phi) is 8.20. The summed E-state index contributed by atoms with van der Waals surface area (Å²) in [6.07, 6.45) is 0.331. The molecule has 6 heteroatoms. The molecule has 0 spiro atoms. The maximum atomic E-state index is 12.7. The highest BCUT2D eigenvalue weighted by Gasteiger charge is 2.23. The first kappa shape index (κ1) is 23.6. The minimum Gasteiger partial charge on any atom is -0.344 e. The van der Waals surface area contributed by atoms with Crippen molar-refractivity contribution in [3.63, 3.8) is 0 Å². The van der Waals surface area contributed by atoms with E-state index in [4.69, 9.17) is 0 Å². The van der Waals surface area contributed by atoms with E-state index in [9.17, 15) is 14.4 Å². The number of fused-ring (bicyclic) bond motifs is 1. The van der Waals surface area contributed by atoms with Crippen LogP contribution in [0.2, 0.25) is 0 Å². The van der Waals surface area contributed by atoms with Crippen molar-refractivity contribution in [1.29, 1.82) is 0 Å². The van der Waals surface area contributed by atoms with E-state index in [0.717, 1.165) is 21.9 Å². The third-order valence-electron chi connectivity index (χ3n) is 5.06. The van der Waals surface area contributed by atoms with Crippen LogP contribution in [-0.2, 0) is 20.8 Å². The van der Waals surface area contributed by atoms with Gasteiger partial charge in [0.05, 0.1) is 6.54 Å². The molecule has 2 atom stereocenters. The minimum atomic E-state index is -0.771. The van der Waals surface area contributed by atoms with E-state index < -0.39 is 18.0 Å². The van der Waals surface area contributed by atoms with Gasteiger partial charge in [-0.25, -0.2) is 0 Å². The van der Waals surface area contributed by atoms with Crippen LogP contribution in [0, 0.1) is 11.8 Å². The van der Waals surface area contributed by atoms with E-state index >= 15 is 0 Å². The monoisotopic (exact) mass is 441 g/mol. The molecule has 3 amide bonds. The molecule has 33 heavy (non-hydrogen) atoms. The van der Waals surface area contributed by atoms with Gasteiger partial charge in [-0.15, -0.1) is 0 Å². The lowest BCUT2D eigenvalue weighted by Crippen LogP contribution is -2.53. The fourth-order valence-corrected chi connectivity index (χ4v) is 3.38. The number of amides is 3. The van der Waals surface area contributed by atoms with Crippen LogP contribution in [0.25, 0.3) is 10.8 Å². The molecule has 0 unspecified atom stereocenters. The Balaban J connectivity index is 1.52. The molecule has 0 fully saturated rings. The van der Waals surface area contributed by atoms with Crippen LogP contribution >= 0.6 is 0 Å². The van der Waals surface area contributed by atoms with E-state index in [1.807, 2.05) is 72.8 Å². The Labute approximate surface area is 193 Å². The first-order chi connectivity index (χ1) is 15.9. The van der Waals surface area contributed by atoms with Gasteiger partial charge in [-0.3, -0.25) is 14.4 Å². The summed E-state index contributed by atoms with van der Waals surface area (Å²) < 4.78 is 0. The number of rotatable bonds is 7. The van der Waals surface area contributed by atoms with Gasteiger partial charge in [0.25, 0.3) is 0 Å². The molecule has 0 radical (unpaired) electrons. The highest BCUT2D eigenvalue weighted by Crippen LogP contribution is 2.14. The van der Waals surface area contributed by atoms with Crippen molar-refractivity contribution in [2.24, 2.45) is 0 Å². The van der Waals surface area contributed by atoms with Gasteiger partial charge in [-0.05, 0) is 35.4 Å². The standard InChI is InChI=1S/C27H27N3O3/c1-19(29-27(33)25(30-20(2)31)18-21-9-4-3-5-10-21)26(32)28-16-8-11-22-14-15-23-12-6-7-13-24(23)17-22/h3-7,9-10,12-15,17,19,25H,16,18H2,1-2H3,(H,28,32)(H,29,33)(H,30,31)/t19-,25-/m0/s1. The Morgan fingerprint density at radius 1 is 0.848 bits per heavy atom. The number of nitrogens with one attached hydrogen (secondary N) is 3. The average molecular weight is 442 g/mol. The van der Waals surface area contributed by atoms with Crippen molar-refractivity contribution in [3.05, 3.63) is 83.9 Å². The van der Waals surface area contributed by atoms with Gasteiger partial charge in [0.1, 0.15) is 12.1 Å². The van der Waals surface area contributed by atoms with Crippen LogP contribution in [0.4, 0.5) is 0 Å². The molecule has 0 bridgehead atoms. The fraction of sp³-hybridized carbons (Fsp3) is 0.222. The number of hydrogen-bond acceptors (Lipinski definition) is 3. The summed E-state index contributed by atoms with van der Waals surface area (Å²) in [5.74, 6) is 4.89. The lowest BCUT2D eigenvalue weighted by Gasteiger charge is -2.20. The quantitative estimate of drug-likeness (QED) is 0.493. The first-order valence-electron chi connectivity index (χ1n) is 10.8. The van der Waals surface area contributed by atoms with E-state index in [-0.39, 0.29) is 18.4 Å². The van der Waals surface area contributed by atoms with Crippen LogP contribution in [0.15, 0.2) is 72.8 Å². The Hall–Kier alpha value is -4.11. The maximum Gasteiger partial charge on any atom is 0.243 e. The van der Waals surface area contributed by atoms with Crippen LogP contribution < -0.4 is 16.0 Å². The van der Waals surface area contributed by atoms with E-state index in [1.165, 1.54) is 6.92 Å². The Morgan fingerprint density at radius 3 is 2.27 bits per heavy atom. The zero-order valence-electron chi connectivity index (χ0n) is 18.7. The molecule has 168 valence electrons. The number of hydrogen-bond donors (Lipinski definition) is 3. The van der Waals surface area contributed by atoms with E-state index in [1.54, 1.807) is 6.92 Å². The molecule has 0 aliphatic carbocycles. The second-order valence-electron chi connectivity index (χ2n) is 7.75. The number of carbonyl (C=O) groups excluding carboxylic acids is 3. The molecule has 0 aromatic heterocycles. The van der Waals surface area contributed by atoms with Gasteiger partial charge < -0.3 is 16.0 Å². The summed E-state index contributed by atoms with van der Waals surface area (Å²) in [6.45, 7) is 3.11.